The van der Waals surface area contributed by atoms with Gasteiger partial charge in [-0.15, -0.1) is 0 Å². The summed E-state index contributed by atoms with van der Waals surface area (Å²) >= 11 is 6.30. The highest BCUT2D eigenvalue weighted by Crippen LogP contribution is 2.39. The molecular formula is C18H23ClN4O5S. The molecule has 1 amide bonds. The van der Waals surface area contributed by atoms with Crippen LogP contribution in [0.3, 0.4) is 0 Å². The molecule has 1 aliphatic heterocycles. The van der Waals surface area contributed by atoms with Crippen molar-refractivity contribution in [1.29, 1.82) is 0 Å². The number of halogens is 1. The summed E-state index contributed by atoms with van der Waals surface area (Å²) in [4.78, 5) is 17.9. The Morgan fingerprint density at radius 1 is 1.31 bits per heavy atom. The zero-order valence-corrected chi connectivity index (χ0v) is 18.2. The van der Waals surface area contributed by atoms with E-state index < -0.39 is 15.6 Å². The van der Waals surface area contributed by atoms with Crippen molar-refractivity contribution in [1.82, 2.24) is 14.9 Å². The van der Waals surface area contributed by atoms with E-state index in [1.165, 1.54) is 17.0 Å². The van der Waals surface area contributed by atoms with Crippen molar-refractivity contribution in [2.75, 3.05) is 11.5 Å². The van der Waals surface area contributed by atoms with Crippen molar-refractivity contribution >= 4 is 33.2 Å². The van der Waals surface area contributed by atoms with Crippen LogP contribution in [0.1, 0.15) is 45.8 Å². The minimum absolute atomic E-state index is 0.0196. The average Bonchev–Trinajstić information content (AvgIpc) is 3.10. The molecule has 11 heteroatoms. The fourth-order valence-corrected chi connectivity index (χ4v) is 4.73. The quantitative estimate of drug-likeness (QED) is 0.700. The largest absolute Gasteiger partial charge is 0.482 e. The van der Waals surface area contributed by atoms with E-state index >= 15 is 0 Å². The van der Waals surface area contributed by atoms with Crippen molar-refractivity contribution in [2.45, 2.75) is 57.5 Å². The summed E-state index contributed by atoms with van der Waals surface area (Å²) in [6.45, 7) is 7.14. The Balaban J connectivity index is 1.97. The second-order valence-electron chi connectivity index (χ2n) is 7.32. The zero-order valence-electron chi connectivity index (χ0n) is 16.7. The van der Waals surface area contributed by atoms with Gasteiger partial charge in [0.25, 0.3) is 5.91 Å². The van der Waals surface area contributed by atoms with Crippen LogP contribution >= 0.6 is 11.6 Å². The SMILES string of the molecule is CCc1nc(CN2C(=O)COc3cc(S(=O)(=O)NC(C)(C)CC)c(Cl)cc32)no1. The maximum Gasteiger partial charge on any atom is 0.265 e. The zero-order chi connectivity index (χ0) is 21.4. The minimum atomic E-state index is -3.89. The number of carbonyl (C=O) groups excluding carboxylic acids is 1. The number of carbonyl (C=O) groups is 1. The minimum Gasteiger partial charge on any atom is -0.482 e. The lowest BCUT2D eigenvalue weighted by Gasteiger charge is -2.30. The number of hydrogen-bond donors (Lipinski definition) is 1. The van der Waals surface area contributed by atoms with Crippen molar-refractivity contribution in [3.8, 4) is 5.75 Å². The lowest BCUT2D eigenvalue weighted by atomic mass is 10.0. The van der Waals surface area contributed by atoms with E-state index in [0.717, 1.165) is 0 Å². The van der Waals surface area contributed by atoms with Gasteiger partial charge in [-0.3, -0.25) is 9.69 Å². The number of anilines is 1. The fourth-order valence-electron chi connectivity index (χ4n) is 2.71. The van der Waals surface area contributed by atoms with Gasteiger partial charge in [-0.1, -0.05) is 30.6 Å². The maximum atomic E-state index is 12.8. The molecule has 1 aromatic heterocycles. The van der Waals surface area contributed by atoms with Gasteiger partial charge in [0.05, 0.1) is 17.3 Å². The Bertz CT molecular complexity index is 1030. The van der Waals surface area contributed by atoms with E-state index in [0.29, 0.717) is 30.2 Å². The second-order valence-corrected chi connectivity index (χ2v) is 9.38. The van der Waals surface area contributed by atoms with E-state index in [1.54, 1.807) is 13.8 Å². The first-order chi connectivity index (χ1) is 13.6. The highest BCUT2D eigenvalue weighted by molar-refractivity contribution is 7.89. The molecule has 2 heterocycles. The Kier molecular flexibility index (Phi) is 5.88. The Labute approximate surface area is 174 Å². The molecule has 0 bridgehead atoms. The normalized spacial score (nSPS) is 14.7. The number of nitrogens with one attached hydrogen (secondary N) is 1. The Morgan fingerprint density at radius 3 is 2.66 bits per heavy atom. The summed E-state index contributed by atoms with van der Waals surface area (Å²) in [5, 5.41) is 3.84. The van der Waals surface area contributed by atoms with E-state index in [-0.39, 0.29) is 34.7 Å². The molecule has 1 aromatic carbocycles. The van der Waals surface area contributed by atoms with Crippen LogP contribution in [0.25, 0.3) is 0 Å². The van der Waals surface area contributed by atoms with Gasteiger partial charge in [-0.25, -0.2) is 13.1 Å². The molecule has 0 saturated heterocycles. The number of fused-ring (bicyclic) bond motifs is 1. The third-order valence-corrected chi connectivity index (χ3v) is 6.82. The Morgan fingerprint density at radius 2 is 2.03 bits per heavy atom. The van der Waals surface area contributed by atoms with Gasteiger partial charge in [0.2, 0.25) is 15.9 Å². The molecule has 1 aliphatic rings. The van der Waals surface area contributed by atoms with Crippen LogP contribution in [-0.4, -0.2) is 36.6 Å². The number of sulfonamides is 1. The highest BCUT2D eigenvalue weighted by atomic mass is 35.5. The molecule has 158 valence electrons. The van der Waals surface area contributed by atoms with Crippen molar-refractivity contribution in [3.05, 3.63) is 28.9 Å². The number of benzene rings is 1. The van der Waals surface area contributed by atoms with Gasteiger partial charge in [0.15, 0.2) is 12.4 Å². The van der Waals surface area contributed by atoms with Crippen molar-refractivity contribution in [3.63, 3.8) is 0 Å². The molecule has 0 unspecified atom stereocenters. The van der Waals surface area contributed by atoms with Gasteiger partial charge in [0.1, 0.15) is 10.6 Å². The first kappa shape index (κ1) is 21.5. The lowest BCUT2D eigenvalue weighted by molar-refractivity contribution is -0.121. The monoisotopic (exact) mass is 442 g/mol. The molecule has 0 radical (unpaired) electrons. The van der Waals surface area contributed by atoms with E-state index in [9.17, 15) is 13.2 Å². The molecule has 0 fully saturated rings. The summed E-state index contributed by atoms with van der Waals surface area (Å²) in [5.74, 6) is 0.715. The first-order valence-electron chi connectivity index (χ1n) is 9.18. The topological polar surface area (TPSA) is 115 Å². The van der Waals surface area contributed by atoms with Gasteiger partial charge < -0.3 is 9.26 Å². The van der Waals surface area contributed by atoms with E-state index in [4.69, 9.17) is 20.9 Å². The Hall–Kier alpha value is -2.17. The fraction of sp³-hybridized carbons (Fsp3) is 0.500. The van der Waals surface area contributed by atoms with Gasteiger partial charge in [0, 0.05) is 18.0 Å². The number of rotatable bonds is 7. The molecule has 0 saturated carbocycles. The molecule has 0 atom stereocenters. The molecule has 0 spiro atoms. The number of aromatic nitrogens is 2. The van der Waals surface area contributed by atoms with Gasteiger partial charge in [-0.05, 0) is 26.3 Å². The third kappa shape index (κ3) is 4.54. The maximum absolute atomic E-state index is 12.8. The third-order valence-electron chi connectivity index (χ3n) is 4.65. The van der Waals surface area contributed by atoms with Crippen LogP contribution < -0.4 is 14.4 Å². The predicted molar refractivity (Wildman–Crippen MR) is 107 cm³/mol. The molecule has 29 heavy (non-hydrogen) atoms. The van der Waals surface area contributed by atoms with Gasteiger partial charge in [-0.2, -0.15) is 4.98 Å². The van der Waals surface area contributed by atoms with Gasteiger partial charge >= 0.3 is 0 Å². The van der Waals surface area contributed by atoms with Crippen LogP contribution in [0.5, 0.6) is 5.75 Å². The molecular weight excluding hydrogens is 420 g/mol. The summed E-state index contributed by atoms with van der Waals surface area (Å²) in [5.41, 5.74) is -0.293. The first-order valence-corrected chi connectivity index (χ1v) is 11.0. The van der Waals surface area contributed by atoms with Crippen LogP contribution in [0.2, 0.25) is 5.02 Å². The number of aryl methyl sites for hydroxylation is 1. The number of ether oxygens (including phenoxy) is 1. The lowest BCUT2D eigenvalue weighted by Crippen LogP contribution is -2.43. The van der Waals surface area contributed by atoms with Crippen LogP contribution in [0, 0.1) is 0 Å². The highest BCUT2D eigenvalue weighted by Gasteiger charge is 2.32. The smallest absolute Gasteiger partial charge is 0.265 e. The van der Waals surface area contributed by atoms with Crippen LogP contribution in [-0.2, 0) is 27.8 Å². The standard InChI is InChI=1S/C18H23ClN4O5S/c1-5-16-20-15(21-28-16)9-23-12-7-11(19)14(8-13(12)27-10-17(23)24)29(25,26)22-18(3,4)6-2/h7-8,22H,5-6,9-10H2,1-4H3. The molecule has 1 N–H and O–H groups in total. The number of hydrogen-bond acceptors (Lipinski definition) is 7. The summed E-state index contributed by atoms with van der Waals surface area (Å²) in [6, 6.07) is 2.74. The van der Waals surface area contributed by atoms with Crippen molar-refractivity contribution < 1.29 is 22.5 Å². The molecule has 9 nitrogen and oxygen atoms in total. The van der Waals surface area contributed by atoms with E-state index in [1.807, 2.05) is 13.8 Å². The number of nitrogens with zero attached hydrogens (tertiary/aromatic N) is 3. The van der Waals surface area contributed by atoms with Crippen LogP contribution in [0.15, 0.2) is 21.6 Å². The predicted octanol–water partition coefficient (Wildman–Crippen LogP) is 2.68. The molecule has 0 aliphatic carbocycles. The van der Waals surface area contributed by atoms with E-state index in [2.05, 4.69) is 14.9 Å². The van der Waals surface area contributed by atoms with Crippen LogP contribution in [0.4, 0.5) is 5.69 Å². The number of amides is 1. The van der Waals surface area contributed by atoms with Crippen molar-refractivity contribution in [2.24, 2.45) is 0 Å². The summed E-state index contributed by atoms with van der Waals surface area (Å²) < 4.78 is 38.8. The second kappa shape index (κ2) is 7.92. The molecule has 3 rings (SSSR count). The molecule has 2 aromatic rings. The summed E-state index contributed by atoms with van der Waals surface area (Å²) in [7, 11) is -3.89. The summed E-state index contributed by atoms with van der Waals surface area (Å²) in [6.07, 6.45) is 1.17. The average molecular weight is 443 g/mol.